The highest BCUT2D eigenvalue weighted by molar-refractivity contribution is 5.81. The number of nitrogens with zero attached hydrogens (tertiary/aromatic N) is 2. The van der Waals surface area contributed by atoms with Crippen molar-refractivity contribution in [3.05, 3.63) is 35.0 Å². The van der Waals surface area contributed by atoms with Crippen molar-refractivity contribution in [3.8, 4) is 0 Å². The molecule has 3 heteroatoms. The predicted molar refractivity (Wildman–Crippen MR) is 58.3 cm³/mol. The summed E-state index contributed by atoms with van der Waals surface area (Å²) in [5.41, 5.74) is 2.37. The maximum absolute atomic E-state index is 13.5. The third kappa shape index (κ3) is 1.69. The zero-order valence-electron chi connectivity index (χ0n) is 9.13. The van der Waals surface area contributed by atoms with Gasteiger partial charge >= 0.3 is 0 Å². The highest BCUT2D eigenvalue weighted by Gasteiger charge is 2.07. The van der Waals surface area contributed by atoms with Crippen molar-refractivity contribution in [1.82, 2.24) is 9.97 Å². The van der Waals surface area contributed by atoms with E-state index in [0.29, 0.717) is 12.0 Å². The highest BCUT2D eigenvalue weighted by Crippen LogP contribution is 2.20. The molecule has 0 aliphatic heterocycles. The number of hydrogen-bond donors (Lipinski definition) is 0. The Hall–Kier alpha value is -1.51. The van der Waals surface area contributed by atoms with E-state index >= 15 is 0 Å². The molecule has 0 N–H and O–H groups in total. The molecule has 2 nitrogen and oxygen atoms in total. The summed E-state index contributed by atoms with van der Waals surface area (Å²) in [4.78, 5) is 8.53. The minimum absolute atomic E-state index is 0.166. The number of aromatic nitrogens is 2. The van der Waals surface area contributed by atoms with Crippen LogP contribution in [0.5, 0.6) is 0 Å². The lowest BCUT2D eigenvalue weighted by Crippen LogP contribution is -1.96. The van der Waals surface area contributed by atoms with Crippen LogP contribution in [0.3, 0.4) is 0 Å². The van der Waals surface area contributed by atoms with Crippen LogP contribution >= 0.6 is 0 Å². The molecule has 0 bridgehead atoms. The van der Waals surface area contributed by atoms with Gasteiger partial charge in [0.05, 0.1) is 5.52 Å². The minimum atomic E-state index is -0.166. The van der Waals surface area contributed by atoms with E-state index in [1.165, 1.54) is 6.07 Å². The molecular weight excluding hydrogens is 191 g/mol. The summed E-state index contributed by atoms with van der Waals surface area (Å²) in [5, 5.41) is 0.801. The molecule has 15 heavy (non-hydrogen) atoms. The van der Waals surface area contributed by atoms with E-state index in [2.05, 4.69) is 9.97 Å². The van der Waals surface area contributed by atoms with Gasteiger partial charge in [0.2, 0.25) is 0 Å². The van der Waals surface area contributed by atoms with E-state index in [-0.39, 0.29) is 5.82 Å². The molecule has 0 radical (unpaired) electrons. The van der Waals surface area contributed by atoms with Gasteiger partial charge in [-0.1, -0.05) is 6.92 Å². The van der Waals surface area contributed by atoms with E-state index in [1.54, 1.807) is 0 Å². The van der Waals surface area contributed by atoms with Crippen molar-refractivity contribution in [1.29, 1.82) is 0 Å². The summed E-state index contributed by atoms with van der Waals surface area (Å²) >= 11 is 0. The molecule has 0 aliphatic carbocycles. The average Bonchev–Trinajstić information content (AvgIpc) is 2.18. The number of halogens is 1. The maximum atomic E-state index is 13.5. The van der Waals surface area contributed by atoms with Crippen molar-refractivity contribution in [2.75, 3.05) is 0 Å². The Morgan fingerprint density at radius 1 is 1.20 bits per heavy atom. The summed E-state index contributed by atoms with van der Waals surface area (Å²) in [6.45, 7) is 5.66. The molecule has 1 aromatic heterocycles. The van der Waals surface area contributed by atoms with Crippen LogP contribution in [0.1, 0.15) is 24.0 Å². The monoisotopic (exact) mass is 204 g/mol. The Morgan fingerprint density at radius 3 is 2.60 bits per heavy atom. The molecule has 0 aliphatic rings. The van der Waals surface area contributed by atoms with Gasteiger partial charge in [0.1, 0.15) is 11.6 Å². The van der Waals surface area contributed by atoms with Gasteiger partial charge < -0.3 is 0 Å². The van der Waals surface area contributed by atoms with E-state index in [0.717, 1.165) is 22.4 Å². The predicted octanol–water partition coefficient (Wildman–Crippen LogP) is 2.95. The Balaban J connectivity index is 2.81. The highest BCUT2D eigenvalue weighted by atomic mass is 19.1. The lowest BCUT2D eigenvalue weighted by Gasteiger charge is -2.05. The molecule has 0 saturated carbocycles. The second-order valence-electron chi connectivity index (χ2n) is 3.67. The molecule has 0 amide bonds. The largest absolute Gasteiger partial charge is 0.238 e. The molecular formula is C12H13FN2. The van der Waals surface area contributed by atoms with Crippen molar-refractivity contribution in [3.63, 3.8) is 0 Å². The van der Waals surface area contributed by atoms with Gasteiger partial charge in [0.15, 0.2) is 0 Å². The Labute approximate surface area is 88.2 Å². The van der Waals surface area contributed by atoms with Gasteiger partial charge in [0.25, 0.3) is 0 Å². The van der Waals surface area contributed by atoms with Gasteiger partial charge in [-0.2, -0.15) is 0 Å². The summed E-state index contributed by atoms with van der Waals surface area (Å²) < 4.78 is 13.5. The first-order valence-corrected chi connectivity index (χ1v) is 5.05. The van der Waals surface area contributed by atoms with Crippen molar-refractivity contribution in [2.45, 2.75) is 27.2 Å². The molecule has 2 aromatic rings. The van der Waals surface area contributed by atoms with Crippen LogP contribution in [0, 0.1) is 19.7 Å². The zero-order chi connectivity index (χ0) is 11.0. The molecule has 0 spiro atoms. The molecule has 0 atom stereocenters. The van der Waals surface area contributed by atoms with Crippen LogP contribution in [0.4, 0.5) is 4.39 Å². The molecule has 78 valence electrons. The van der Waals surface area contributed by atoms with Crippen molar-refractivity contribution >= 4 is 10.9 Å². The first kappa shape index (κ1) is 10.0. The van der Waals surface area contributed by atoms with Crippen molar-refractivity contribution < 1.29 is 4.39 Å². The summed E-state index contributed by atoms with van der Waals surface area (Å²) in [6.07, 6.45) is 0.684. The maximum Gasteiger partial charge on any atom is 0.127 e. The van der Waals surface area contributed by atoms with Gasteiger partial charge in [-0.25, -0.2) is 14.4 Å². The molecule has 1 aromatic carbocycles. The molecule has 0 fully saturated rings. The SMILES string of the molecule is CCc1cc2nc(C)nc(C)c2cc1F. The lowest BCUT2D eigenvalue weighted by atomic mass is 10.1. The lowest BCUT2D eigenvalue weighted by molar-refractivity contribution is 0.614. The minimum Gasteiger partial charge on any atom is -0.238 e. The number of rotatable bonds is 1. The molecule has 1 heterocycles. The summed E-state index contributed by atoms with van der Waals surface area (Å²) in [5.74, 6) is 0.564. The van der Waals surface area contributed by atoms with E-state index in [1.807, 2.05) is 26.8 Å². The topological polar surface area (TPSA) is 25.8 Å². The Morgan fingerprint density at radius 2 is 1.93 bits per heavy atom. The van der Waals surface area contributed by atoms with Crippen molar-refractivity contribution in [2.24, 2.45) is 0 Å². The number of aryl methyl sites for hydroxylation is 3. The van der Waals surface area contributed by atoms with E-state index in [4.69, 9.17) is 0 Å². The fourth-order valence-corrected chi connectivity index (χ4v) is 1.76. The fraction of sp³-hybridized carbons (Fsp3) is 0.333. The molecule has 2 rings (SSSR count). The number of benzene rings is 1. The normalized spacial score (nSPS) is 10.9. The van der Waals surface area contributed by atoms with E-state index in [9.17, 15) is 4.39 Å². The van der Waals surface area contributed by atoms with Gasteiger partial charge in [-0.15, -0.1) is 0 Å². The Bertz CT molecular complexity index is 521. The van der Waals surface area contributed by atoms with Crippen LogP contribution in [0.15, 0.2) is 12.1 Å². The van der Waals surface area contributed by atoms with Gasteiger partial charge in [0, 0.05) is 11.1 Å². The first-order valence-electron chi connectivity index (χ1n) is 5.05. The smallest absolute Gasteiger partial charge is 0.127 e. The average molecular weight is 204 g/mol. The van der Waals surface area contributed by atoms with Crippen LogP contribution in [-0.2, 0) is 6.42 Å². The summed E-state index contributed by atoms with van der Waals surface area (Å²) in [6, 6.07) is 3.34. The quantitative estimate of drug-likeness (QED) is 0.713. The third-order valence-electron chi connectivity index (χ3n) is 2.55. The standard InChI is InChI=1S/C12H13FN2/c1-4-9-5-12-10(6-11(9)13)7(2)14-8(3)15-12/h5-6H,4H2,1-3H3. The molecule has 0 saturated heterocycles. The summed E-state index contributed by atoms with van der Waals surface area (Å²) in [7, 11) is 0. The number of hydrogen-bond acceptors (Lipinski definition) is 2. The Kier molecular flexibility index (Phi) is 2.39. The second-order valence-corrected chi connectivity index (χ2v) is 3.67. The van der Waals surface area contributed by atoms with Crippen LogP contribution < -0.4 is 0 Å². The van der Waals surface area contributed by atoms with E-state index < -0.39 is 0 Å². The second kappa shape index (κ2) is 3.57. The third-order valence-corrected chi connectivity index (χ3v) is 2.55. The van der Waals surface area contributed by atoms with Gasteiger partial charge in [-0.3, -0.25) is 0 Å². The van der Waals surface area contributed by atoms with Crippen LogP contribution in [0.2, 0.25) is 0 Å². The van der Waals surface area contributed by atoms with Crippen LogP contribution in [-0.4, -0.2) is 9.97 Å². The van der Waals surface area contributed by atoms with Crippen LogP contribution in [0.25, 0.3) is 10.9 Å². The van der Waals surface area contributed by atoms with Gasteiger partial charge in [-0.05, 0) is 38.0 Å². The first-order chi connectivity index (χ1) is 7.11. The molecule has 0 unspecified atom stereocenters. The fourth-order valence-electron chi connectivity index (χ4n) is 1.76. The number of fused-ring (bicyclic) bond motifs is 1. The zero-order valence-corrected chi connectivity index (χ0v) is 9.13.